The lowest BCUT2D eigenvalue weighted by molar-refractivity contribution is 0.251. The van der Waals surface area contributed by atoms with Crippen molar-refractivity contribution in [2.75, 3.05) is 24.6 Å². The topological polar surface area (TPSA) is 51.1 Å². The van der Waals surface area contributed by atoms with Crippen molar-refractivity contribution < 1.29 is 13.5 Å². The van der Waals surface area contributed by atoms with E-state index in [0.29, 0.717) is 23.1 Å². The molecule has 0 N–H and O–H groups in total. The first-order valence-electron chi connectivity index (χ1n) is 7.58. The van der Waals surface area contributed by atoms with Gasteiger partial charge >= 0.3 is 0 Å². The fourth-order valence-corrected chi connectivity index (χ4v) is 3.83. The van der Waals surface area contributed by atoms with Crippen molar-refractivity contribution in [2.24, 2.45) is 5.92 Å². The predicted molar refractivity (Wildman–Crippen MR) is 87.4 cm³/mol. The van der Waals surface area contributed by atoms with Crippen LogP contribution in [0, 0.1) is 17.6 Å². The van der Waals surface area contributed by atoms with Crippen LogP contribution in [-0.2, 0) is 0 Å². The van der Waals surface area contributed by atoms with Gasteiger partial charge in [-0.15, -0.1) is 0 Å². The zero-order chi connectivity index (χ0) is 16.5. The summed E-state index contributed by atoms with van der Waals surface area (Å²) in [5.74, 6) is -0.352. The monoisotopic (exact) mass is 348 g/mol. The van der Waals surface area contributed by atoms with Gasteiger partial charge in [0.1, 0.15) is 11.3 Å². The van der Waals surface area contributed by atoms with Crippen molar-refractivity contribution in [2.45, 2.75) is 6.42 Å². The first kappa shape index (κ1) is 15.2. The van der Waals surface area contributed by atoms with Crippen molar-refractivity contribution in [3.05, 3.63) is 42.4 Å². The van der Waals surface area contributed by atoms with Gasteiger partial charge in [0, 0.05) is 37.5 Å². The second-order valence-corrected chi connectivity index (χ2v) is 6.70. The molecular weight excluding hydrogens is 334 g/mol. The Kier molecular flexibility index (Phi) is 3.97. The fraction of sp³-hybridized carbons (Fsp3) is 0.312. The molecule has 0 radical (unpaired) electrons. The van der Waals surface area contributed by atoms with Crippen LogP contribution < -0.4 is 9.64 Å². The molecule has 3 heterocycles. The summed E-state index contributed by atoms with van der Waals surface area (Å²) in [6.07, 6.45) is 5.72. The summed E-state index contributed by atoms with van der Waals surface area (Å²) >= 11 is 1.31. The Morgan fingerprint density at radius 1 is 1.29 bits per heavy atom. The van der Waals surface area contributed by atoms with Gasteiger partial charge in [0.05, 0.1) is 17.5 Å². The average Bonchev–Trinajstić information content (AvgIpc) is 3.20. The van der Waals surface area contributed by atoms with E-state index in [-0.39, 0.29) is 5.52 Å². The number of aromatic nitrogens is 3. The third-order valence-corrected chi connectivity index (χ3v) is 5.03. The molecule has 0 aliphatic carbocycles. The lowest BCUT2D eigenvalue weighted by Crippen LogP contribution is -2.21. The molecule has 5 nitrogen and oxygen atoms in total. The van der Waals surface area contributed by atoms with Gasteiger partial charge in [0.15, 0.2) is 10.9 Å². The third kappa shape index (κ3) is 3.01. The number of ether oxygens (including phenoxy) is 1. The summed E-state index contributed by atoms with van der Waals surface area (Å²) in [5.41, 5.74) is 0.232. The van der Waals surface area contributed by atoms with Crippen LogP contribution in [0.4, 0.5) is 13.9 Å². The Balaban J connectivity index is 1.44. The molecule has 1 fully saturated rings. The first-order chi connectivity index (χ1) is 11.7. The van der Waals surface area contributed by atoms with E-state index in [4.69, 9.17) is 4.74 Å². The Labute approximate surface area is 140 Å². The van der Waals surface area contributed by atoms with E-state index in [1.165, 1.54) is 17.4 Å². The van der Waals surface area contributed by atoms with E-state index in [1.807, 2.05) is 0 Å². The number of hydrogen-bond acceptors (Lipinski definition) is 6. The maximum Gasteiger partial charge on any atom is 0.232 e. The van der Waals surface area contributed by atoms with Crippen LogP contribution in [0.15, 0.2) is 30.7 Å². The molecule has 24 heavy (non-hydrogen) atoms. The normalized spacial score (nSPS) is 17.6. The van der Waals surface area contributed by atoms with Gasteiger partial charge in [-0.05, 0) is 12.5 Å². The number of halogens is 2. The number of nitrogens with zero attached hydrogens (tertiary/aromatic N) is 4. The van der Waals surface area contributed by atoms with Gasteiger partial charge in [-0.1, -0.05) is 11.3 Å². The summed E-state index contributed by atoms with van der Waals surface area (Å²) < 4.78 is 33.3. The zero-order valence-electron chi connectivity index (χ0n) is 12.7. The third-order valence-electron chi connectivity index (χ3n) is 3.96. The molecule has 4 rings (SSSR count). The smallest absolute Gasteiger partial charge is 0.232 e. The molecule has 0 saturated carbocycles. The molecular formula is C16H14F2N4OS. The minimum Gasteiger partial charge on any atom is -0.476 e. The summed E-state index contributed by atoms with van der Waals surface area (Å²) in [7, 11) is 0. The highest BCUT2D eigenvalue weighted by molar-refractivity contribution is 7.22. The SMILES string of the molecule is Fc1cc(F)c2nc(N3CCC(COc4cnccn4)C3)sc2c1. The van der Waals surface area contributed by atoms with Gasteiger partial charge in [0.25, 0.3) is 0 Å². The predicted octanol–water partition coefficient (Wildman–Crippen LogP) is 3.27. The highest BCUT2D eigenvalue weighted by atomic mass is 32.1. The van der Waals surface area contributed by atoms with E-state index in [1.54, 1.807) is 18.6 Å². The van der Waals surface area contributed by atoms with Crippen molar-refractivity contribution in [1.29, 1.82) is 0 Å². The largest absolute Gasteiger partial charge is 0.476 e. The molecule has 0 amide bonds. The molecule has 3 aromatic rings. The van der Waals surface area contributed by atoms with Gasteiger partial charge < -0.3 is 9.64 Å². The molecule has 124 valence electrons. The van der Waals surface area contributed by atoms with Crippen molar-refractivity contribution >= 4 is 26.7 Å². The highest BCUT2D eigenvalue weighted by Crippen LogP contribution is 2.33. The second kappa shape index (κ2) is 6.27. The Bertz CT molecular complexity index is 858. The van der Waals surface area contributed by atoms with Crippen LogP contribution in [0.5, 0.6) is 5.88 Å². The van der Waals surface area contributed by atoms with Gasteiger partial charge in [-0.2, -0.15) is 0 Å². The maximum absolute atomic E-state index is 13.8. The van der Waals surface area contributed by atoms with Crippen LogP contribution in [0.25, 0.3) is 10.2 Å². The molecule has 1 atom stereocenters. The standard InChI is InChI=1S/C16H14F2N4OS/c17-11-5-12(18)15-13(6-11)24-16(21-15)22-4-1-10(8-22)9-23-14-7-19-2-3-20-14/h2-3,5-7,10H,1,4,8-9H2. The number of thiazole rings is 1. The van der Waals surface area contributed by atoms with E-state index in [0.717, 1.165) is 30.7 Å². The Morgan fingerprint density at radius 2 is 2.21 bits per heavy atom. The Hall–Kier alpha value is -2.35. The lowest BCUT2D eigenvalue weighted by atomic mass is 10.1. The number of benzene rings is 1. The summed E-state index contributed by atoms with van der Waals surface area (Å²) in [6.45, 7) is 2.13. The highest BCUT2D eigenvalue weighted by Gasteiger charge is 2.26. The van der Waals surface area contributed by atoms with Crippen LogP contribution >= 0.6 is 11.3 Å². The minimum atomic E-state index is -0.616. The van der Waals surface area contributed by atoms with E-state index >= 15 is 0 Å². The van der Waals surface area contributed by atoms with E-state index < -0.39 is 11.6 Å². The van der Waals surface area contributed by atoms with Gasteiger partial charge in [-0.3, -0.25) is 4.98 Å². The maximum atomic E-state index is 13.8. The fourth-order valence-electron chi connectivity index (χ4n) is 2.79. The van der Waals surface area contributed by atoms with Gasteiger partial charge in [0.2, 0.25) is 5.88 Å². The number of hydrogen-bond donors (Lipinski definition) is 0. The molecule has 0 bridgehead atoms. The molecule has 1 aliphatic heterocycles. The molecule has 1 aromatic carbocycles. The minimum absolute atomic E-state index is 0.232. The van der Waals surface area contributed by atoms with Crippen LogP contribution in [-0.4, -0.2) is 34.6 Å². The van der Waals surface area contributed by atoms with Gasteiger partial charge in [-0.25, -0.2) is 18.7 Å². The number of rotatable bonds is 4. The van der Waals surface area contributed by atoms with Crippen LogP contribution in [0.3, 0.4) is 0 Å². The second-order valence-electron chi connectivity index (χ2n) is 5.69. The van der Waals surface area contributed by atoms with Crippen LogP contribution in [0.2, 0.25) is 0 Å². The molecule has 8 heteroatoms. The number of fused-ring (bicyclic) bond motifs is 1. The molecule has 1 unspecified atom stereocenters. The summed E-state index contributed by atoms with van der Waals surface area (Å²) in [5, 5.41) is 0.719. The number of anilines is 1. The zero-order valence-corrected chi connectivity index (χ0v) is 13.5. The van der Waals surface area contributed by atoms with Crippen molar-refractivity contribution in [3.8, 4) is 5.88 Å². The van der Waals surface area contributed by atoms with Crippen molar-refractivity contribution in [1.82, 2.24) is 15.0 Å². The first-order valence-corrected chi connectivity index (χ1v) is 8.40. The van der Waals surface area contributed by atoms with E-state index in [2.05, 4.69) is 19.9 Å². The summed E-state index contributed by atoms with van der Waals surface area (Å²) in [4.78, 5) is 14.5. The Morgan fingerprint density at radius 3 is 3.04 bits per heavy atom. The molecule has 1 saturated heterocycles. The molecule has 1 aliphatic rings. The quantitative estimate of drug-likeness (QED) is 0.724. The van der Waals surface area contributed by atoms with E-state index in [9.17, 15) is 8.78 Å². The summed E-state index contributed by atoms with van der Waals surface area (Å²) in [6, 6.07) is 2.19. The van der Waals surface area contributed by atoms with Crippen LogP contribution in [0.1, 0.15) is 6.42 Å². The molecule has 0 spiro atoms. The average molecular weight is 348 g/mol. The molecule has 2 aromatic heterocycles. The van der Waals surface area contributed by atoms with Crippen molar-refractivity contribution in [3.63, 3.8) is 0 Å². The lowest BCUT2D eigenvalue weighted by Gasteiger charge is -2.15.